The van der Waals surface area contributed by atoms with Crippen LogP contribution in [0.2, 0.25) is 0 Å². The molecule has 2 heterocycles. The molecule has 0 aliphatic rings. The van der Waals surface area contributed by atoms with Crippen molar-refractivity contribution in [2.24, 2.45) is 0 Å². The first kappa shape index (κ1) is 11.4. The molecule has 0 spiro atoms. The van der Waals surface area contributed by atoms with Crippen LogP contribution in [0.15, 0.2) is 10.6 Å². The number of aromatic nitrogens is 3. The van der Waals surface area contributed by atoms with Gasteiger partial charge in [-0.2, -0.15) is 0 Å². The van der Waals surface area contributed by atoms with Gasteiger partial charge < -0.3 is 15.5 Å². The van der Waals surface area contributed by atoms with Gasteiger partial charge in [0.15, 0.2) is 0 Å². The summed E-state index contributed by atoms with van der Waals surface area (Å²) in [5, 5.41) is 3.14. The highest BCUT2D eigenvalue weighted by Crippen LogP contribution is 2.17. The molecule has 0 fully saturated rings. The monoisotopic (exact) mass is 233 g/mol. The second-order valence-electron chi connectivity index (χ2n) is 3.85. The number of aryl methyl sites for hydroxylation is 2. The fourth-order valence-electron chi connectivity index (χ4n) is 1.46. The van der Waals surface area contributed by atoms with Gasteiger partial charge >= 0.3 is 0 Å². The molecule has 2 rings (SSSR count). The van der Waals surface area contributed by atoms with Crippen LogP contribution in [0.3, 0.4) is 0 Å². The van der Waals surface area contributed by atoms with E-state index in [-0.39, 0.29) is 0 Å². The van der Waals surface area contributed by atoms with E-state index < -0.39 is 0 Å². The third kappa shape index (κ3) is 2.52. The van der Waals surface area contributed by atoms with Crippen molar-refractivity contribution in [3.63, 3.8) is 0 Å². The Balaban J connectivity index is 2.14. The molecule has 0 bridgehead atoms. The molecule has 0 unspecified atom stereocenters. The van der Waals surface area contributed by atoms with Crippen LogP contribution in [0.4, 0.5) is 11.6 Å². The molecule has 6 heteroatoms. The molecule has 90 valence electrons. The summed E-state index contributed by atoms with van der Waals surface area (Å²) in [4.78, 5) is 12.5. The number of nitrogens with zero attached hydrogens (tertiary/aromatic N) is 3. The highest BCUT2D eigenvalue weighted by Gasteiger charge is 2.07. The highest BCUT2D eigenvalue weighted by molar-refractivity contribution is 5.54. The van der Waals surface area contributed by atoms with Gasteiger partial charge in [0, 0.05) is 5.56 Å². The summed E-state index contributed by atoms with van der Waals surface area (Å²) < 4.78 is 5.36. The van der Waals surface area contributed by atoms with Crippen molar-refractivity contribution in [1.29, 1.82) is 0 Å². The van der Waals surface area contributed by atoms with E-state index in [4.69, 9.17) is 10.2 Å². The maximum absolute atomic E-state index is 5.76. The van der Waals surface area contributed by atoms with E-state index in [1.165, 1.54) is 0 Å². The Morgan fingerprint density at radius 1 is 1.29 bits per heavy atom. The van der Waals surface area contributed by atoms with E-state index in [9.17, 15) is 0 Å². The lowest BCUT2D eigenvalue weighted by atomic mass is 10.3. The predicted octanol–water partition coefficient (Wildman–Crippen LogP) is 1.58. The Labute approximate surface area is 99.3 Å². The number of anilines is 2. The van der Waals surface area contributed by atoms with Crippen LogP contribution in [0.5, 0.6) is 0 Å². The minimum Gasteiger partial charge on any atom is -0.444 e. The molecule has 6 nitrogen and oxygen atoms in total. The number of hydrogen-bond acceptors (Lipinski definition) is 6. The zero-order valence-corrected chi connectivity index (χ0v) is 10.1. The fourth-order valence-corrected chi connectivity index (χ4v) is 1.46. The lowest BCUT2D eigenvalue weighted by Gasteiger charge is -2.09. The first-order chi connectivity index (χ1) is 8.06. The summed E-state index contributed by atoms with van der Waals surface area (Å²) in [6.45, 7) is 6.01. The van der Waals surface area contributed by atoms with Crippen molar-refractivity contribution in [3.8, 4) is 0 Å². The van der Waals surface area contributed by atoms with Gasteiger partial charge in [-0.05, 0) is 20.8 Å². The first-order valence-electron chi connectivity index (χ1n) is 5.32. The summed E-state index contributed by atoms with van der Waals surface area (Å²) in [6, 6.07) is 0. The summed E-state index contributed by atoms with van der Waals surface area (Å²) in [7, 11) is 0. The number of nitrogens with one attached hydrogen (secondary N) is 1. The molecule has 2 aromatic heterocycles. The van der Waals surface area contributed by atoms with Crippen LogP contribution >= 0.6 is 0 Å². The van der Waals surface area contributed by atoms with Crippen molar-refractivity contribution in [1.82, 2.24) is 15.0 Å². The average molecular weight is 233 g/mol. The minimum atomic E-state index is 0.477. The van der Waals surface area contributed by atoms with E-state index in [1.54, 1.807) is 13.1 Å². The van der Waals surface area contributed by atoms with Crippen LogP contribution in [0.25, 0.3) is 0 Å². The standard InChI is InChI=1S/C11H15N5O/c1-6-4-13-9(17-6)5-14-11-7(2)10(12)15-8(3)16-11/h4H,5H2,1-3H3,(H3,12,14,15,16). The van der Waals surface area contributed by atoms with Crippen LogP contribution in [0.1, 0.15) is 23.0 Å². The minimum absolute atomic E-state index is 0.477. The van der Waals surface area contributed by atoms with Gasteiger partial charge in [-0.25, -0.2) is 15.0 Å². The zero-order valence-electron chi connectivity index (χ0n) is 10.1. The maximum Gasteiger partial charge on any atom is 0.213 e. The molecular formula is C11H15N5O. The molecule has 0 amide bonds. The number of nitrogens with two attached hydrogens (primary N) is 1. The molecule has 0 aliphatic carbocycles. The van der Waals surface area contributed by atoms with Gasteiger partial charge in [-0.1, -0.05) is 0 Å². The van der Waals surface area contributed by atoms with Crippen LogP contribution in [-0.4, -0.2) is 15.0 Å². The van der Waals surface area contributed by atoms with Crippen molar-refractivity contribution in [3.05, 3.63) is 29.2 Å². The lowest BCUT2D eigenvalue weighted by Crippen LogP contribution is -2.08. The largest absolute Gasteiger partial charge is 0.444 e. The molecule has 17 heavy (non-hydrogen) atoms. The van der Waals surface area contributed by atoms with E-state index in [1.807, 2.05) is 13.8 Å². The van der Waals surface area contributed by atoms with Gasteiger partial charge in [0.25, 0.3) is 0 Å². The third-order valence-electron chi connectivity index (χ3n) is 2.37. The second kappa shape index (κ2) is 4.40. The second-order valence-corrected chi connectivity index (χ2v) is 3.85. The number of hydrogen-bond donors (Lipinski definition) is 2. The van der Waals surface area contributed by atoms with Gasteiger partial charge in [0.2, 0.25) is 5.89 Å². The molecule has 0 saturated heterocycles. The highest BCUT2D eigenvalue weighted by atomic mass is 16.4. The molecule has 2 aromatic rings. The summed E-state index contributed by atoms with van der Waals surface area (Å²) >= 11 is 0. The van der Waals surface area contributed by atoms with E-state index in [0.29, 0.717) is 29.9 Å². The average Bonchev–Trinajstić information content (AvgIpc) is 2.67. The molecule has 0 aromatic carbocycles. The Morgan fingerprint density at radius 3 is 2.71 bits per heavy atom. The molecular weight excluding hydrogens is 218 g/mol. The van der Waals surface area contributed by atoms with Crippen molar-refractivity contribution in [2.75, 3.05) is 11.1 Å². The maximum atomic E-state index is 5.76. The Bertz CT molecular complexity index is 535. The lowest BCUT2D eigenvalue weighted by molar-refractivity contribution is 0.478. The quantitative estimate of drug-likeness (QED) is 0.836. The number of oxazole rings is 1. The molecule has 0 radical (unpaired) electrons. The normalized spacial score (nSPS) is 10.5. The van der Waals surface area contributed by atoms with Gasteiger partial charge in [-0.15, -0.1) is 0 Å². The van der Waals surface area contributed by atoms with Crippen LogP contribution in [-0.2, 0) is 6.54 Å². The van der Waals surface area contributed by atoms with Crippen molar-refractivity contribution >= 4 is 11.6 Å². The third-order valence-corrected chi connectivity index (χ3v) is 2.37. The van der Waals surface area contributed by atoms with Crippen LogP contribution < -0.4 is 11.1 Å². The molecule has 0 atom stereocenters. The number of rotatable bonds is 3. The number of nitrogen functional groups attached to an aromatic ring is 1. The van der Waals surface area contributed by atoms with Crippen molar-refractivity contribution < 1.29 is 4.42 Å². The van der Waals surface area contributed by atoms with E-state index in [2.05, 4.69) is 20.3 Å². The molecule has 0 aliphatic heterocycles. The Kier molecular flexibility index (Phi) is 2.95. The molecule has 3 N–H and O–H groups in total. The first-order valence-corrected chi connectivity index (χ1v) is 5.32. The SMILES string of the molecule is Cc1nc(N)c(C)c(NCc2ncc(C)o2)n1. The van der Waals surface area contributed by atoms with E-state index in [0.717, 1.165) is 11.3 Å². The van der Waals surface area contributed by atoms with Gasteiger partial charge in [0.05, 0.1) is 12.7 Å². The van der Waals surface area contributed by atoms with Crippen molar-refractivity contribution in [2.45, 2.75) is 27.3 Å². The van der Waals surface area contributed by atoms with Crippen LogP contribution in [0, 0.1) is 20.8 Å². The van der Waals surface area contributed by atoms with E-state index >= 15 is 0 Å². The zero-order chi connectivity index (χ0) is 12.4. The molecule has 0 saturated carbocycles. The summed E-state index contributed by atoms with van der Waals surface area (Å²) in [6.07, 6.45) is 1.68. The summed E-state index contributed by atoms with van der Waals surface area (Å²) in [5.41, 5.74) is 6.60. The Morgan fingerprint density at radius 2 is 2.06 bits per heavy atom. The summed E-state index contributed by atoms with van der Waals surface area (Å²) in [5.74, 6) is 3.25. The topological polar surface area (TPSA) is 89.9 Å². The van der Waals surface area contributed by atoms with Gasteiger partial charge in [0.1, 0.15) is 23.2 Å². The predicted molar refractivity (Wildman–Crippen MR) is 64.5 cm³/mol. The van der Waals surface area contributed by atoms with Gasteiger partial charge in [-0.3, -0.25) is 0 Å². The Hall–Kier alpha value is -2.11. The fraction of sp³-hybridized carbons (Fsp3) is 0.364. The smallest absolute Gasteiger partial charge is 0.213 e.